The molecule has 1 aromatic rings. The van der Waals surface area contributed by atoms with E-state index in [1.807, 2.05) is 0 Å². The largest absolute Gasteiger partial charge is 0.465 e. The van der Waals surface area contributed by atoms with Crippen LogP contribution in [0.1, 0.15) is 10.4 Å². The molecule has 0 fully saturated rings. The average molecular weight is 280 g/mol. The number of hydrogen-bond acceptors (Lipinski definition) is 6. The summed E-state index contributed by atoms with van der Waals surface area (Å²) in [7, 11) is 1.23. The molecule has 7 nitrogen and oxygen atoms in total. The summed E-state index contributed by atoms with van der Waals surface area (Å²) in [6.07, 6.45) is 1.56. The van der Waals surface area contributed by atoms with Crippen LogP contribution in [0, 0.1) is 10.1 Å². The number of nitro groups is 1. The molecule has 1 N–H and O–H groups in total. The lowest BCUT2D eigenvalue weighted by molar-refractivity contribution is -0.384. The molecule has 1 rings (SSSR count). The first-order valence-electron chi connectivity index (χ1n) is 5.88. The summed E-state index contributed by atoms with van der Waals surface area (Å²) in [5.41, 5.74) is 0.305. The first-order chi connectivity index (χ1) is 9.54. The highest BCUT2D eigenvalue weighted by atomic mass is 16.6. The van der Waals surface area contributed by atoms with E-state index in [-0.39, 0.29) is 30.1 Å². The van der Waals surface area contributed by atoms with E-state index in [0.29, 0.717) is 6.54 Å². The molecule has 0 radical (unpaired) electrons. The zero-order valence-corrected chi connectivity index (χ0v) is 11.1. The van der Waals surface area contributed by atoms with E-state index in [4.69, 9.17) is 5.11 Å². The Hall–Kier alpha value is -2.41. The summed E-state index contributed by atoms with van der Waals surface area (Å²) < 4.78 is 4.59. The quantitative estimate of drug-likeness (QED) is 0.351. The Morgan fingerprint density at radius 1 is 1.60 bits per heavy atom. The lowest BCUT2D eigenvalue weighted by Crippen LogP contribution is -2.27. The monoisotopic (exact) mass is 280 g/mol. The van der Waals surface area contributed by atoms with Gasteiger partial charge in [0.2, 0.25) is 0 Å². The number of methoxy groups -OCH3 is 1. The van der Waals surface area contributed by atoms with Gasteiger partial charge >= 0.3 is 5.97 Å². The Kier molecular flexibility index (Phi) is 5.67. The Labute approximate surface area is 116 Å². The molecule has 0 aliphatic carbocycles. The summed E-state index contributed by atoms with van der Waals surface area (Å²) in [5.74, 6) is -0.580. The molecule has 108 valence electrons. The maximum absolute atomic E-state index is 11.5. The van der Waals surface area contributed by atoms with Crippen LogP contribution in [-0.4, -0.2) is 42.8 Å². The average Bonchev–Trinajstić information content (AvgIpc) is 2.45. The topological polar surface area (TPSA) is 92.9 Å². The normalized spacial score (nSPS) is 9.90. The van der Waals surface area contributed by atoms with Crippen LogP contribution in [-0.2, 0) is 4.74 Å². The number of esters is 1. The highest BCUT2D eigenvalue weighted by molar-refractivity contribution is 5.91. The van der Waals surface area contributed by atoms with Crippen molar-refractivity contribution >= 4 is 17.3 Å². The van der Waals surface area contributed by atoms with Gasteiger partial charge in [-0.15, -0.1) is 6.58 Å². The fourth-order valence-electron chi connectivity index (χ4n) is 1.76. The zero-order valence-electron chi connectivity index (χ0n) is 11.1. The van der Waals surface area contributed by atoms with Crippen LogP contribution < -0.4 is 4.90 Å². The Morgan fingerprint density at radius 2 is 2.30 bits per heavy atom. The maximum Gasteiger partial charge on any atom is 0.337 e. The van der Waals surface area contributed by atoms with Gasteiger partial charge in [-0.05, 0) is 12.1 Å². The van der Waals surface area contributed by atoms with Crippen molar-refractivity contribution in [2.24, 2.45) is 0 Å². The van der Waals surface area contributed by atoms with E-state index in [9.17, 15) is 14.9 Å². The minimum atomic E-state index is -0.580. The lowest BCUT2D eigenvalue weighted by Gasteiger charge is -2.22. The van der Waals surface area contributed by atoms with Crippen LogP contribution in [0.3, 0.4) is 0 Å². The van der Waals surface area contributed by atoms with Gasteiger partial charge in [-0.2, -0.15) is 0 Å². The first kappa shape index (κ1) is 15.6. The van der Waals surface area contributed by atoms with Gasteiger partial charge in [-0.25, -0.2) is 4.79 Å². The van der Waals surface area contributed by atoms with Gasteiger partial charge in [0.05, 0.1) is 24.2 Å². The van der Waals surface area contributed by atoms with Crippen molar-refractivity contribution in [1.82, 2.24) is 0 Å². The maximum atomic E-state index is 11.5. The molecule has 0 saturated heterocycles. The smallest absolute Gasteiger partial charge is 0.337 e. The molecule has 0 aromatic heterocycles. The SMILES string of the molecule is C=CCN(CCO)c1cc(C(=O)OC)ccc1[N+](=O)[O-]. The van der Waals surface area contributed by atoms with Crippen molar-refractivity contribution < 1.29 is 19.6 Å². The predicted molar refractivity (Wildman–Crippen MR) is 73.9 cm³/mol. The summed E-state index contributed by atoms with van der Waals surface area (Å²) in [4.78, 5) is 23.6. The summed E-state index contributed by atoms with van der Waals surface area (Å²) in [6.45, 7) is 3.90. The standard InChI is InChI=1S/C13H16N2O5/c1-3-6-14(7-8-16)12-9-10(13(17)20-2)4-5-11(12)15(18)19/h3-5,9,16H,1,6-8H2,2H3. The predicted octanol–water partition coefficient (Wildman–Crippen LogP) is 1.37. The Morgan fingerprint density at radius 3 is 2.80 bits per heavy atom. The molecule has 1 aromatic carbocycles. The van der Waals surface area contributed by atoms with Gasteiger partial charge < -0.3 is 14.7 Å². The van der Waals surface area contributed by atoms with Gasteiger partial charge in [0.25, 0.3) is 5.69 Å². The van der Waals surface area contributed by atoms with Crippen LogP contribution in [0.2, 0.25) is 0 Å². The molecule has 20 heavy (non-hydrogen) atoms. The van der Waals surface area contributed by atoms with E-state index >= 15 is 0 Å². The fraction of sp³-hybridized carbons (Fsp3) is 0.308. The van der Waals surface area contributed by atoms with Crippen LogP contribution in [0.5, 0.6) is 0 Å². The van der Waals surface area contributed by atoms with Crippen molar-refractivity contribution in [3.05, 3.63) is 46.5 Å². The fourth-order valence-corrected chi connectivity index (χ4v) is 1.76. The molecule has 0 saturated carbocycles. The molecule has 0 aliphatic rings. The Balaban J connectivity index is 3.32. The van der Waals surface area contributed by atoms with Crippen LogP contribution >= 0.6 is 0 Å². The van der Waals surface area contributed by atoms with E-state index < -0.39 is 10.9 Å². The van der Waals surface area contributed by atoms with Gasteiger partial charge in [0, 0.05) is 19.2 Å². The highest BCUT2D eigenvalue weighted by Crippen LogP contribution is 2.29. The van der Waals surface area contributed by atoms with E-state index in [1.165, 1.54) is 25.3 Å². The number of hydrogen-bond donors (Lipinski definition) is 1. The van der Waals surface area contributed by atoms with Crippen LogP contribution in [0.4, 0.5) is 11.4 Å². The van der Waals surface area contributed by atoms with E-state index in [1.54, 1.807) is 11.0 Å². The zero-order chi connectivity index (χ0) is 15.1. The highest BCUT2D eigenvalue weighted by Gasteiger charge is 2.21. The number of ether oxygens (including phenoxy) is 1. The third-order valence-electron chi connectivity index (χ3n) is 2.65. The molecule has 7 heteroatoms. The van der Waals surface area contributed by atoms with Crippen LogP contribution in [0.15, 0.2) is 30.9 Å². The number of rotatable bonds is 7. The van der Waals surface area contributed by atoms with Gasteiger partial charge in [0.1, 0.15) is 5.69 Å². The molecule has 0 amide bonds. The Bertz CT molecular complexity index is 515. The first-order valence-corrected chi connectivity index (χ1v) is 5.88. The van der Waals surface area contributed by atoms with Crippen molar-refractivity contribution in [2.75, 3.05) is 31.7 Å². The number of carbonyl (C=O) groups is 1. The molecule has 0 atom stereocenters. The molecular weight excluding hydrogens is 264 g/mol. The molecule has 0 aliphatic heterocycles. The van der Waals surface area contributed by atoms with E-state index in [2.05, 4.69) is 11.3 Å². The lowest BCUT2D eigenvalue weighted by atomic mass is 10.1. The minimum absolute atomic E-state index is 0.145. The number of nitrogens with zero attached hydrogens (tertiary/aromatic N) is 2. The second kappa shape index (κ2) is 7.25. The molecule has 0 unspecified atom stereocenters. The minimum Gasteiger partial charge on any atom is -0.465 e. The van der Waals surface area contributed by atoms with Gasteiger partial charge in [-0.3, -0.25) is 10.1 Å². The summed E-state index contributed by atoms with van der Waals surface area (Å²) in [5, 5.41) is 20.1. The molecule has 0 bridgehead atoms. The summed E-state index contributed by atoms with van der Waals surface area (Å²) in [6, 6.07) is 3.96. The second-order valence-electron chi connectivity index (χ2n) is 3.91. The molecule has 0 heterocycles. The number of aliphatic hydroxyl groups excluding tert-OH is 1. The van der Waals surface area contributed by atoms with Crippen molar-refractivity contribution in [3.8, 4) is 0 Å². The van der Waals surface area contributed by atoms with Crippen molar-refractivity contribution in [1.29, 1.82) is 0 Å². The number of carbonyl (C=O) groups excluding carboxylic acids is 1. The third-order valence-corrected chi connectivity index (χ3v) is 2.65. The van der Waals surface area contributed by atoms with E-state index in [0.717, 1.165) is 0 Å². The van der Waals surface area contributed by atoms with Crippen molar-refractivity contribution in [3.63, 3.8) is 0 Å². The van der Waals surface area contributed by atoms with Gasteiger partial charge in [0.15, 0.2) is 0 Å². The van der Waals surface area contributed by atoms with Gasteiger partial charge in [-0.1, -0.05) is 6.08 Å². The third kappa shape index (κ3) is 3.55. The number of nitro benzene ring substituents is 1. The molecule has 0 spiro atoms. The summed E-state index contributed by atoms with van der Waals surface area (Å²) >= 11 is 0. The van der Waals surface area contributed by atoms with Crippen LogP contribution in [0.25, 0.3) is 0 Å². The number of anilines is 1. The number of aliphatic hydroxyl groups is 1. The number of benzene rings is 1. The van der Waals surface area contributed by atoms with Crippen molar-refractivity contribution in [2.45, 2.75) is 0 Å². The molecular formula is C13H16N2O5. The second-order valence-corrected chi connectivity index (χ2v) is 3.91.